The molecule has 2 heterocycles. The largest absolute Gasteiger partial charge is 0.377 e. The number of rotatable bonds is 5. The van der Waals surface area contributed by atoms with Crippen LogP contribution in [0, 0.1) is 0 Å². The summed E-state index contributed by atoms with van der Waals surface area (Å²) in [7, 11) is 1.95. The van der Waals surface area contributed by atoms with Crippen molar-refractivity contribution in [3.63, 3.8) is 0 Å². The Balaban J connectivity index is 1.81. The lowest BCUT2D eigenvalue weighted by Crippen LogP contribution is -2.32. The lowest BCUT2D eigenvalue weighted by molar-refractivity contribution is 0.0742. The van der Waals surface area contributed by atoms with Gasteiger partial charge in [0.25, 0.3) is 0 Å². The van der Waals surface area contributed by atoms with Crippen LogP contribution in [0.4, 0.5) is 0 Å². The highest BCUT2D eigenvalue weighted by atomic mass is 35.5. The number of ether oxygens (including phenoxy) is 1. The van der Waals surface area contributed by atoms with Gasteiger partial charge in [0.2, 0.25) is 0 Å². The number of Topliss-reactive ketones (excluding diaryl/α,β-unsaturated/α-hetero) is 1. The zero-order chi connectivity index (χ0) is 12.3. The molecule has 1 aromatic rings. The maximum Gasteiger partial charge on any atom is 0.186 e. The van der Waals surface area contributed by atoms with Crippen molar-refractivity contribution < 1.29 is 9.53 Å². The molecule has 17 heavy (non-hydrogen) atoms. The van der Waals surface area contributed by atoms with Crippen LogP contribution in [-0.2, 0) is 4.74 Å². The van der Waals surface area contributed by atoms with Crippen molar-refractivity contribution in [2.75, 3.05) is 26.7 Å². The number of hydrogen-bond acceptors (Lipinski definition) is 4. The zero-order valence-corrected chi connectivity index (χ0v) is 11.4. The SMILES string of the molecule is CN(CC(=O)c1ccc(Cl)s1)CC1CCCO1. The molecule has 1 aliphatic rings. The Morgan fingerprint density at radius 3 is 3.06 bits per heavy atom. The molecule has 0 spiro atoms. The predicted molar refractivity (Wildman–Crippen MR) is 70.1 cm³/mol. The Hall–Kier alpha value is -0.420. The first-order valence-corrected chi connectivity index (χ1v) is 6.93. The number of hydrogen-bond donors (Lipinski definition) is 0. The number of ketones is 1. The van der Waals surface area contributed by atoms with Crippen LogP contribution in [0.15, 0.2) is 12.1 Å². The molecule has 1 atom stereocenters. The van der Waals surface area contributed by atoms with Crippen molar-refractivity contribution in [3.8, 4) is 0 Å². The Bertz CT molecular complexity index is 388. The van der Waals surface area contributed by atoms with Crippen LogP contribution >= 0.6 is 22.9 Å². The fraction of sp³-hybridized carbons (Fsp3) is 0.583. The molecule has 0 aliphatic carbocycles. The molecule has 0 radical (unpaired) electrons. The standard InChI is InChI=1S/C12H16ClNO2S/c1-14(7-9-3-2-6-16-9)8-10(15)11-4-5-12(13)17-11/h4-5,9H,2-3,6-8H2,1H3. The maximum atomic E-state index is 11.9. The summed E-state index contributed by atoms with van der Waals surface area (Å²) in [5, 5.41) is 0. The minimum atomic E-state index is 0.127. The van der Waals surface area contributed by atoms with E-state index in [0.717, 1.165) is 30.9 Å². The van der Waals surface area contributed by atoms with Gasteiger partial charge in [0, 0.05) is 13.2 Å². The van der Waals surface area contributed by atoms with Gasteiger partial charge in [0.05, 0.1) is 21.9 Å². The first-order valence-electron chi connectivity index (χ1n) is 5.74. The van der Waals surface area contributed by atoms with Gasteiger partial charge in [-0.1, -0.05) is 11.6 Å². The molecule has 0 N–H and O–H groups in total. The van der Waals surface area contributed by atoms with E-state index in [1.807, 2.05) is 11.9 Å². The summed E-state index contributed by atoms with van der Waals surface area (Å²) in [6.07, 6.45) is 2.52. The summed E-state index contributed by atoms with van der Waals surface area (Å²) in [5.74, 6) is 0.127. The van der Waals surface area contributed by atoms with E-state index in [0.29, 0.717) is 17.0 Å². The molecule has 1 saturated heterocycles. The Morgan fingerprint density at radius 2 is 2.47 bits per heavy atom. The van der Waals surface area contributed by atoms with Crippen LogP contribution in [0.3, 0.4) is 0 Å². The van der Waals surface area contributed by atoms with Crippen LogP contribution < -0.4 is 0 Å². The molecule has 1 aromatic heterocycles. The molecular weight excluding hydrogens is 258 g/mol. The van der Waals surface area contributed by atoms with Gasteiger partial charge in [0.15, 0.2) is 5.78 Å². The highest BCUT2D eigenvalue weighted by Crippen LogP contribution is 2.22. The molecule has 1 fully saturated rings. The number of carbonyl (C=O) groups is 1. The fourth-order valence-corrected chi connectivity index (χ4v) is 2.96. The first kappa shape index (κ1) is 13.0. The number of carbonyl (C=O) groups excluding carboxylic acids is 1. The van der Waals surface area contributed by atoms with E-state index in [-0.39, 0.29) is 5.78 Å². The van der Waals surface area contributed by atoms with Crippen LogP contribution in [0.2, 0.25) is 4.34 Å². The van der Waals surface area contributed by atoms with Gasteiger partial charge in [-0.2, -0.15) is 0 Å². The van der Waals surface area contributed by atoms with Gasteiger partial charge >= 0.3 is 0 Å². The lowest BCUT2D eigenvalue weighted by atomic mass is 10.2. The van der Waals surface area contributed by atoms with E-state index in [1.165, 1.54) is 11.3 Å². The average molecular weight is 274 g/mol. The molecule has 0 saturated carbocycles. The number of halogens is 1. The van der Waals surface area contributed by atoms with Gasteiger partial charge in [-0.05, 0) is 32.0 Å². The normalized spacial score (nSPS) is 20.1. The molecular formula is C12H16ClNO2S. The summed E-state index contributed by atoms with van der Waals surface area (Å²) in [6, 6.07) is 3.55. The third-order valence-corrected chi connectivity index (χ3v) is 4.07. The second-order valence-electron chi connectivity index (χ2n) is 4.36. The minimum Gasteiger partial charge on any atom is -0.377 e. The van der Waals surface area contributed by atoms with Crippen molar-refractivity contribution >= 4 is 28.7 Å². The third-order valence-electron chi connectivity index (χ3n) is 2.80. The topological polar surface area (TPSA) is 29.5 Å². The average Bonchev–Trinajstić information content (AvgIpc) is 2.89. The monoisotopic (exact) mass is 273 g/mol. The van der Waals surface area contributed by atoms with Crippen molar-refractivity contribution in [1.82, 2.24) is 4.90 Å². The Morgan fingerprint density at radius 1 is 1.65 bits per heavy atom. The summed E-state index contributed by atoms with van der Waals surface area (Å²) in [6.45, 7) is 2.11. The first-order chi connectivity index (χ1) is 8.15. The molecule has 5 heteroatoms. The molecule has 1 unspecified atom stereocenters. The Kier molecular flexibility index (Phi) is 4.56. The quantitative estimate of drug-likeness (QED) is 0.773. The van der Waals surface area contributed by atoms with Crippen molar-refractivity contribution in [2.24, 2.45) is 0 Å². The molecule has 1 aliphatic heterocycles. The van der Waals surface area contributed by atoms with E-state index >= 15 is 0 Å². The van der Waals surface area contributed by atoms with Gasteiger partial charge < -0.3 is 4.74 Å². The predicted octanol–water partition coefficient (Wildman–Crippen LogP) is 2.70. The molecule has 0 bridgehead atoms. The molecule has 0 aromatic carbocycles. The molecule has 3 nitrogen and oxygen atoms in total. The highest BCUT2D eigenvalue weighted by molar-refractivity contribution is 7.18. The smallest absolute Gasteiger partial charge is 0.186 e. The van der Waals surface area contributed by atoms with E-state index < -0.39 is 0 Å². The van der Waals surface area contributed by atoms with Crippen LogP contribution in [0.1, 0.15) is 22.5 Å². The minimum absolute atomic E-state index is 0.127. The van der Waals surface area contributed by atoms with Gasteiger partial charge in [-0.15, -0.1) is 11.3 Å². The van der Waals surface area contributed by atoms with E-state index in [9.17, 15) is 4.79 Å². The molecule has 94 valence electrons. The lowest BCUT2D eigenvalue weighted by Gasteiger charge is -2.19. The van der Waals surface area contributed by atoms with Crippen molar-refractivity contribution in [3.05, 3.63) is 21.3 Å². The fourth-order valence-electron chi connectivity index (χ4n) is 1.99. The highest BCUT2D eigenvalue weighted by Gasteiger charge is 2.19. The van der Waals surface area contributed by atoms with Crippen LogP contribution in [0.5, 0.6) is 0 Å². The molecule has 0 amide bonds. The van der Waals surface area contributed by atoms with Gasteiger partial charge in [0.1, 0.15) is 0 Å². The number of nitrogens with zero attached hydrogens (tertiary/aromatic N) is 1. The zero-order valence-electron chi connectivity index (χ0n) is 9.82. The number of likely N-dealkylation sites (N-methyl/N-ethyl adjacent to an activating group) is 1. The van der Waals surface area contributed by atoms with Gasteiger partial charge in [-0.25, -0.2) is 0 Å². The third kappa shape index (κ3) is 3.78. The number of thiophene rings is 1. The van der Waals surface area contributed by atoms with E-state index in [1.54, 1.807) is 12.1 Å². The van der Waals surface area contributed by atoms with E-state index in [2.05, 4.69) is 0 Å². The second-order valence-corrected chi connectivity index (χ2v) is 6.07. The molecule has 2 rings (SSSR count). The summed E-state index contributed by atoms with van der Waals surface area (Å²) in [4.78, 5) is 14.7. The van der Waals surface area contributed by atoms with Crippen LogP contribution in [-0.4, -0.2) is 43.5 Å². The van der Waals surface area contributed by atoms with Crippen LogP contribution in [0.25, 0.3) is 0 Å². The second kappa shape index (κ2) is 5.96. The summed E-state index contributed by atoms with van der Waals surface area (Å²) in [5.41, 5.74) is 0. The van der Waals surface area contributed by atoms with Crippen molar-refractivity contribution in [1.29, 1.82) is 0 Å². The Labute approximate surface area is 110 Å². The maximum absolute atomic E-state index is 11.9. The van der Waals surface area contributed by atoms with Gasteiger partial charge in [-0.3, -0.25) is 9.69 Å². The van der Waals surface area contributed by atoms with Crippen molar-refractivity contribution in [2.45, 2.75) is 18.9 Å². The summed E-state index contributed by atoms with van der Waals surface area (Å²) >= 11 is 7.15. The van der Waals surface area contributed by atoms with E-state index in [4.69, 9.17) is 16.3 Å². The summed E-state index contributed by atoms with van der Waals surface area (Å²) < 4.78 is 6.21.